The maximum absolute atomic E-state index is 5.23. The molecule has 0 atom stereocenters. The number of rotatable bonds is 6. The number of para-hydroxylation sites is 3. The van der Waals surface area contributed by atoms with Crippen LogP contribution in [0.5, 0.6) is 0 Å². The van der Waals surface area contributed by atoms with Gasteiger partial charge in [-0.1, -0.05) is 127 Å². The van der Waals surface area contributed by atoms with Crippen LogP contribution in [-0.2, 0) is 0 Å². The summed E-state index contributed by atoms with van der Waals surface area (Å²) in [5.41, 5.74) is 15.2. The molecule has 5 aromatic heterocycles. The quantitative estimate of drug-likeness (QED) is 0.168. The first kappa shape index (κ1) is 35.2. The molecule has 8 aromatic carbocycles. The van der Waals surface area contributed by atoms with Crippen LogP contribution >= 0.6 is 0 Å². The molecule has 6 nitrogen and oxygen atoms in total. The molecule has 0 aliphatic carbocycles. The van der Waals surface area contributed by atoms with E-state index in [0.717, 1.165) is 89.1 Å². The molecule has 0 amide bonds. The van der Waals surface area contributed by atoms with Crippen LogP contribution in [0.4, 0.5) is 0 Å². The smallest absolute Gasteiger partial charge is 0.162 e. The monoisotopic (exact) mass is 804 g/mol. The van der Waals surface area contributed by atoms with E-state index in [0.29, 0.717) is 5.82 Å². The van der Waals surface area contributed by atoms with Crippen LogP contribution in [-0.4, -0.2) is 28.7 Å². The Morgan fingerprint density at radius 3 is 1.52 bits per heavy atom. The van der Waals surface area contributed by atoms with Crippen molar-refractivity contribution in [3.8, 4) is 51.0 Å². The molecule has 0 unspecified atom stereocenters. The minimum atomic E-state index is 0.692. The van der Waals surface area contributed by atoms with Crippen LogP contribution < -0.4 is 0 Å². The van der Waals surface area contributed by atoms with Gasteiger partial charge in [0, 0.05) is 61.7 Å². The second-order valence-corrected chi connectivity index (χ2v) is 16.1. The van der Waals surface area contributed by atoms with Crippen LogP contribution in [0.2, 0.25) is 0 Å². The maximum atomic E-state index is 5.23. The molecule has 0 saturated carbocycles. The number of nitrogens with zero attached hydrogens (tertiary/aromatic N) is 6. The van der Waals surface area contributed by atoms with Crippen LogP contribution in [0.1, 0.15) is 0 Å². The molecule has 0 spiro atoms. The molecule has 0 radical (unpaired) electrons. The summed E-state index contributed by atoms with van der Waals surface area (Å²) < 4.78 is 7.00. The van der Waals surface area contributed by atoms with Crippen LogP contribution in [0.25, 0.3) is 117 Å². The fourth-order valence-corrected chi connectivity index (χ4v) is 9.67. The van der Waals surface area contributed by atoms with Gasteiger partial charge in [0.25, 0.3) is 0 Å². The predicted octanol–water partition coefficient (Wildman–Crippen LogP) is 14.2. The van der Waals surface area contributed by atoms with Gasteiger partial charge in [0.15, 0.2) is 5.82 Å². The summed E-state index contributed by atoms with van der Waals surface area (Å²) in [4.78, 5) is 15.2. The van der Waals surface area contributed by atoms with E-state index in [9.17, 15) is 0 Å². The van der Waals surface area contributed by atoms with E-state index in [4.69, 9.17) is 15.0 Å². The number of aromatic nitrogens is 6. The third-order valence-corrected chi connectivity index (χ3v) is 12.5. The van der Waals surface area contributed by atoms with Crippen LogP contribution in [0, 0.1) is 0 Å². The Kier molecular flexibility index (Phi) is 7.80. The number of pyridine rings is 1. The Balaban J connectivity index is 0.966. The third kappa shape index (κ3) is 5.55. The summed E-state index contributed by atoms with van der Waals surface area (Å²) in [6, 6.07) is 75.3. The van der Waals surface area contributed by atoms with Gasteiger partial charge in [-0.05, 0) is 90.0 Å². The first-order chi connectivity index (χ1) is 31.2. The van der Waals surface area contributed by atoms with Crippen LogP contribution in [0.3, 0.4) is 0 Å². The first-order valence-corrected chi connectivity index (χ1v) is 21.3. The average molecular weight is 805 g/mol. The molecule has 6 heteroatoms. The molecule has 0 bridgehead atoms. The van der Waals surface area contributed by atoms with Crippen LogP contribution in [0.15, 0.2) is 219 Å². The Morgan fingerprint density at radius 2 is 0.825 bits per heavy atom. The van der Waals surface area contributed by atoms with Crippen molar-refractivity contribution in [2.24, 2.45) is 0 Å². The fraction of sp³-hybridized carbons (Fsp3) is 0. The SMILES string of the molecule is c1ccc(-c2cc(-n3c4ccccc4c4cc(-c5ccc6c(c5)c5ccccc5n6-c5ccc6c(c5)c5ncccc5n6-c5ccccc5)ccc43)nc(-c3ccccc3)n2)cc1. The zero-order chi connectivity index (χ0) is 41.4. The van der Waals surface area contributed by atoms with Gasteiger partial charge in [-0.15, -0.1) is 0 Å². The highest BCUT2D eigenvalue weighted by Gasteiger charge is 2.20. The van der Waals surface area contributed by atoms with Gasteiger partial charge in [0.2, 0.25) is 0 Å². The first-order valence-electron chi connectivity index (χ1n) is 21.3. The van der Waals surface area contributed by atoms with Gasteiger partial charge in [0.1, 0.15) is 5.82 Å². The summed E-state index contributed by atoms with van der Waals surface area (Å²) in [5, 5.41) is 5.88. The minimum absolute atomic E-state index is 0.692. The van der Waals surface area contributed by atoms with Crippen molar-refractivity contribution in [1.29, 1.82) is 0 Å². The molecule has 0 saturated heterocycles. The standard InChI is InChI=1S/C57H36N6/c1-4-15-37(16-5-1)48-36-55(60-57(59-48)38-17-6-2-7-18-38)63-50-24-13-11-22-44(50)46-34-40(27-30-52(46)63)39-26-29-51-45(33-39)43-21-10-12-23-49(43)62(51)42-28-31-53-47(35-42)56-54(25-14-32-58-56)61(53)41-19-8-3-9-20-41/h1-36H. The van der Waals surface area contributed by atoms with Gasteiger partial charge in [-0.2, -0.15) is 0 Å². The Labute approximate surface area is 362 Å². The summed E-state index contributed by atoms with van der Waals surface area (Å²) in [5.74, 6) is 1.52. The van der Waals surface area contributed by atoms with E-state index in [2.05, 4.69) is 196 Å². The third-order valence-electron chi connectivity index (χ3n) is 12.5. The van der Waals surface area contributed by atoms with Gasteiger partial charge in [-0.3, -0.25) is 9.55 Å². The van der Waals surface area contributed by atoms with Crippen molar-refractivity contribution in [2.45, 2.75) is 0 Å². The Morgan fingerprint density at radius 1 is 0.302 bits per heavy atom. The van der Waals surface area contributed by atoms with Crippen molar-refractivity contribution < 1.29 is 0 Å². The predicted molar refractivity (Wildman–Crippen MR) is 259 cm³/mol. The lowest BCUT2D eigenvalue weighted by atomic mass is 10.0. The lowest BCUT2D eigenvalue weighted by molar-refractivity contribution is 1.05. The van der Waals surface area contributed by atoms with E-state index in [1.165, 1.54) is 21.5 Å². The number of hydrogen-bond donors (Lipinski definition) is 0. The molecular weight excluding hydrogens is 769 g/mol. The second-order valence-electron chi connectivity index (χ2n) is 16.1. The van der Waals surface area contributed by atoms with E-state index in [-0.39, 0.29) is 0 Å². The number of fused-ring (bicyclic) bond motifs is 9. The average Bonchev–Trinajstić information content (AvgIpc) is 3.99. The highest BCUT2D eigenvalue weighted by molar-refractivity contribution is 6.13. The molecule has 13 rings (SSSR count). The number of benzene rings is 8. The zero-order valence-electron chi connectivity index (χ0n) is 34.0. The normalized spacial score (nSPS) is 11.8. The number of hydrogen-bond acceptors (Lipinski definition) is 3. The van der Waals surface area contributed by atoms with Crippen molar-refractivity contribution in [1.82, 2.24) is 28.7 Å². The maximum Gasteiger partial charge on any atom is 0.162 e. The lowest BCUT2D eigenvalue weighted by Crippen LogP contribution is -2.02. The molecule has 0 aliphatic heterocycles. The fourth-order valence-electron chi connectivity index (χ4n) is 9.67. The molecular formula is C57H36N6. The highest BCUT2D eigenvalue weighted by atomic mass is 15.1. The van der Waals surface area contributed by atoms with Crippen molar-refractivity contribution in [3.63, 3.8) is 0 Å². The summed E-state index contributed by atoms with van der Waals surface area (Å²) in [6.07, 6.45) is 1.89. The summed E-state index contributed by atoms with van der Waals surface area (Å²) in [6.45, 7) is 0. The zero-order valence-corrected chi connectivity index (χ0v) is 34.0. The topological polar surface area (TPSA) is 53.5 Å². The molecule has 5 heterocycles. The van der Waals surface area contributed by atoms with Crippen molar-refractivity contribution >= 4 is 65.5 Å². The lowest BCUT2D eigenvalue weighted by Gasteiger charge is -2.12. The van der Waals surface area contributed by atoms with Gasteiger partial charge in [0.05, 0.1) is 44.3 Å². The van der Waals surface area contributed by atoms with Gasteiger partial charge in [-0.25, -0.2) is 9.97 Å². The van der Waals surface area contributed by atoms with Crippen molar-refractivity contribution in [2.75, 3.05) is 0 Å². The summed E-state index contributed by atoms with van der Waals surface area (Å²) in [7, 11) is 0. The van der Waals surface area contributed by atoms with E-state index < -0.39 is 0 Å². The molecule has 0 N–H and O–H groups in total. The Hall–Kier alpha value is -8.61. The Bertz CT molecular complexity index is 3840. The highest BCUT2D eigenvalue weighted by Crippen LogP contribution is 2.40. The largest absolute Gasteiger partial charge is 0.309 e. The second kappa shape index (κ2) is 14.0. The van der Waals surface area contributed by atoms with Gasteiger partial charge < -0.3 is 9.13 Å². The van der Waals surface area contributed by atoms with E-state index in [1.807, 2.05) is 36.5 Å². The van der Waals surface area contributed by atoms with Gasteiger partial charge >= 0.3 is 0 Å². The van der Waals surface area contributed by atoms with E-state index >= 15 is 0 Å². The van der Waals surface area contributed by atoms with Crippen molar-refractivity contribution in [3.05, 3.63) is 219 Å². The molecule has 0 aliphatic rings. The molecule has 13 aromatic rings. The molecule has 0 fully saturated rings. The minimum Gasteiger partial charge on any atom is -0.309 e. The molecule has 294 valence electrons. The summed E-state index contributed by atoms with van der Waals surface area (Å²) >= 11 is 0. The van der Waals surface area contributed by atoms with E-state index in [1.54, 1.807) is 0 Å². The molecule has 63 heavy (non-hydrogen) atoms.